The number of benzene rings is 5. The third kappa shape index (κ3) is 5.93. The van der Waals surface area contributed by atoms with Gasteiger partial charge in [0.2, 0.25) is 0 Å². The zero-order valence-corrected chi connectivity index (χ0v) is 29.4. The van der Waals surface area contributed by atoms with E-state index in [1.807, 2.05) is 84.9 Å². The standard InChI is InChI=1S/C45H27F2N9/c46-33-13-9-28(10-14-33)41-52-42(29-11-15-34(47)16-12-29)54-43(53-41)32-25-35(55-39-7-3-1-5-37(39)50-44(55)30-17-21-48-22-18-30)27-36(26-32)56-40-8-4-2-6-38(40)51-45(56)31-19-23-49-24-20-31/h1-27H. The second-order valence-corrected chi connectivity index (χ2v) is 13.0. The number of hydrogen-bond donors (Lipinski definition) is 0. The molecular formula is C45H27F2N9. The minimum Gasteiger partial charge on any atom is -0.292 e. The van der Waals surface area contributed by atoms with E-state index in [-0.39, 0.29) is 11.6 Å². The molecular weight excluding hydrogens is 705 g/mol. The molecule has 0 aliphatic rings. The van der Waals surface area contributed by atoms with Crippen LogP contribution in [-0.2, 0) is 0 Å². The summed E-state index contributed by atoms with van der Waals surface area (Å²) in [7, 11) is 0. The molecule has 0 bridgehead atoms. The third-order valence-electron chi connectivity index (χ3n) is 9.52. The van der Waals surface area contributed by atoms with Crippen molar-refractivity contribution in [2.75, 3.05) is 0 Å². The molecule has 56 heavy (non-hydrogen) atoms. The lowest BCUT2D eigenvalue weighted by molar-refractivity contribution is 0.627. The first-order valence-corrected chi connectivity index (χ1v) is 17.8. The molecule has 0 N–H and O–H groups in total. The van der Waals surface area contributed by atoms with Gasteiger partial charge in [0.1, 0.15) is 23.3 Å². The number of nitrogens with zero attached hydrogens (tertiary/aromatic N) is 9. The summed E-state index contributed by atoms with van der Waals surface area (Å²) in [5.41, 5.74) is 8.58. The minimum absolute atomic E-state index is 0.331. The van der Waals surface area contributed by atoms with Crippen LogP contribution in [0.4, 0.5) is 8.78 Å². The molecule has 10 rings (SSSR count). The van der Waals surface area contributed by atoms with Gasteiger partial charge in [0.15, 0.2) is 17.5 Å². The molecule has 0 fully saturated rings. The molecule has 0 unspecified atom stereocenters. The van der Waals surface area contributed by atoms with Crippen molar-refractivity contribution in [2.24, 2.45) is 0 Å². The van der Waals surface area contributed by atoms with E-state index in [9.17, 15) is 8.78 Å². The van der Waals surface area contributed by atoms with Crippen LogP contribution in [0.15, 0.2) is 164 Å². The number of halogens is 2. The van der Waals surface area contributed by atoms with Gasteiger partial charge in [-0.15, -0.1) is 0 Å². The molecule has 0 amide bonds. The normalized spacial score (nSPS) is 11.4. The van der Waals surface area contributed by atoms with Crippen LogP contribution < -0.4 is 0 Å². The zero-order valence-electron chi connectivity index (χ0n) is 29.4. The first-order chi connectivity index (χ1) is 27.6. The van der Waals surface area contributed by atoms with Crippen molar-refractivity contribution in [1.29, 1.82) is 0 Å². The predicted molar refractivity (Wildman–Crippen MR) is 212 cm³/mol. The highest BCUT2D eigenvalue weighted by Crippen LogP contribution is 2.36. The minimum atomic E-state index is -0.380. The van der Waals surface area contributed by atoms with Crippen molar-refractivity contribution in [2.45, 2.75) is 0 Å². The Bertz CT molecular complexity index is 2840. The number of rotatable bonds is 7. The van der Waals surface area contributed by atoms with Crippen LogP contribution in [0.1, 0.15) is 0 Å². The van der Waals surface area contributed by atoms with E-state index in [4.69, 9.17) is 24.9 Å². The van der Waals surface area contributed by atoms with Gasteiger partial charge in [-0.25, -0.2) is 33.7 Å². The Hall–Kier alpha value is -7.79. The van der Waals surface area contributed by atoms with Crippen LogP contribution >= 0.6 is 0 Å². The average molecular weight is 732 g/mol. The SMILES string of the molecule is Fc1ccc(-c2nc(-c3ccc(F)cc3)nc(-c3cc(-n4c(-c5ccncc5)nc5ccccc54)cc(-n4c(-c5ccncc5)nc5ccccc54)c3)n2)cc1. The summed E-state index contributed by atoms with van der Waals surface area (Å²) in [4.78, 5) is 33.5. The lowest BCUT2D eigenvalue weighted by atomic mass is 10.1. The first-order valence-electron chi connectivity index (χ1n) is 17.8. The highest BCUT2D eigenvalue weighted by atomic mass is 19.1. The van der Waals surface area contributed by atoms with E-state index in [0.717, 1.165) is 56.2 Å². The fraction of sp³-hybridized carbons (Fsp3) is 0. The van der Waals surface area contributed by atoms with E-state index in [1.54, 1.807) is 49.1 Å². The Morgan fingerprint density at radius 3 is 1.18 bits per heavy atom. The third-order valence-corrected chi connectivity index (χ3v) is 9.52. The summed E-state index contributed by atoms with van der Waals surface area (Å²) in [5.74, 6) is 1.69. The lowest BCUT2D eigenvalue weighted by Gasteiger charge is -2.17. The van der Waals surface area contributed by atoms with Crippen molar-refractivity contribution < 1.29 is 8.78 Å². The molecule has 5 aromatic carbocycles. The monoisotopic (exact) mass is 731 g/mol. The fourth-order valence-corrected chi connectivity index (χ4v) is 6.91. The van der Waals surface area contributed by atoms with Crippen LogP contribution in [0.2, 0.25) is 0 Å². The van der Waals surface area contributed by atoms with Gasteiger partial charge in [-0.05, 0) is 115 Å². The molecule has 0 aliphatic carbocycles. The van der Waals surface area contributed by atoms with Gasteiger partial charge < -0.3 is 0 Å². The summed E-state index contributed by atoms with van der Waals surface area (Å²) in [6.07, 6.45) is 6.99. The maximum atomic E-state index is 14.1. The molecule has 5 heterocycles. The number of hydrogen-bond acceptors (Lipinski definition) is 7. The summed E-state index contributed by atoms with van der Waals surface area (Å²) in [5, 5.41) is 0. The smallest absolute Gasteiger partial charge is 0.164 e. The Morgan fingerprint density at radius 2 is 0.750 bits per heavy atom. The number of imidazole rings is 2. The lowest BCUT2D eigenvalue weighted by Crippen LogP contribution is -2.05. The Balaban J connectivity index is 1.29. The molecule has 9 nitrogen and oxygen atoms in total. The average Bonchev–Trinajstić information content (AvgIpc) is 3.84. The Morgan fingerprint density at radius 1 is 0.357 bits per heavy atom. The van der Waals surface area contributed by atoms with Gasteiger partial charge in [-0.2, -0.15) is 0 Å². The molecule has 0 aliphatic heterocycles. The van der Waals surface area contributed by atoms with Crippen molar-refractivity contribution in [3.8, 4) is 68.3 Å². The van der Waals surface area contributed by atoms with Crippen molar-refractivity contribution in [1.82, 2.24) is 44.0 Å². The topological polar surface area (TPSA) is 100 Å². The molecule has 0 saturated carbocycles. The van der Waals surface area contributed by atoms with E-state index >= 15 is 0 Å². The van der Waals surface area contributed by atoms with Gasteiger partial charge in [0, 0.05) is 52.6 Å². The van der Waals surface area contributed by atoms with Gasteiger partial charge in [0.05, 0.1) is 33.4 Å². The van der Waals surface area contributed by atoms with Gasteiger partial charge in [-0.3, -0.25) is 19.1 Å². The van der Waals surface area contributed by atoms with E-state index in [2.05, 4.69) is 25.2 Å². The Labute approximate surface area is 318 Å². The molecule has 0 radical (unpaired) electrons. The van der Waals surface area contributed by atoms with Gasteiger partial charge in [-0.1, -0.05) is 24.3 Å². The van der Waals surface area contributed by atoms with Crippen molar-refractivity contribution in [3.63, 3.8) is 0 Å². The number of fused-ring (bicyclic) bond motifs is 2. The fourth-order valence-electron chi connectivity index (χ4n) is 6.91. The molecule has 266 valence electrons. The van der Waals surface area contributed by atoms with Crippen LogP contribution in [0, 0.1) is 11.6 Å². The maximum Gasteiger partial charge on any atom is 0.164 e. The highest BCUT2D eigenvalue weighted by molar-refractivity contribution is 5.86. The van der Waals surface area contributed by atoms with Crippen LogP contribution in [0.3, 0.4) is 0 Å². The number of para-hydroxylation sites is 4. The molecule has 10 aromatic rings. The van der Waals surface area contributed by atoms with Crippen LogP contribution in [0.5, 0.6) is 0 Å². The van der Waals surface area contributed by atoms with E-state index < -0.39 is 0 Å². The van der Waals surface area contributed by atoms with Gasteiger partial charge >= 0.3 is 0 Å². The van der Waals surface area contributed by atoms with Crippen molar-refractivity contribution >= 4 is 22.1 Å². The summed E-state index contributed by atoms with van der Waals surface area (Å²) < 4.78 is 32.5. The summed E-state index contributed by atoms with van der Waals surface area (Å²) in [6.45, 7) is 0. The largest absolute Gasteiger partial charge is 0.292 e. The zero-order chi connectivity index (χ0) is 37.6. The van der Waals surface area contributed by atoms with Gasteiger partial charge in [0.25, 0.3) is 0 Å². The molecule has 0 spiro atoms. The highest BCUT2D eigenvalue weighted by Gasteiger charge is 2.21. The molecule has 0 atom stereocenters. The van der Waals surface area contributed by atoms with Crippen LogP contribution in [-0.4, -0.2) is 44.0 Å². The summed E-state index contributed by atoms with van der Waals surface area (Å²) in [6, 6.07) is 41.8. The quantitative estimate of drug-likeness (QED) is 0.161. The van der Waals surface area contributed by atoms with E-state index in [1.165, 1.54) is 24.3 Å². The molecule has 11 heteroatoms. The molecule has 5 aromatic heterocycles. The number of pyridine rings is 2. The first kappa shape index (κ1) is 32.8. The predicted octanol–water partition coefficient (Wildman–Crippen LogP) is 9.95. The second-order valence-electron chi connectivity index (χ2n) is 13.0. The summed E-state index contributed by atoms with van der Waals surface area (Å²) >= 11 is 0. The Kier molecular flexibility index (Phi) is 7.95. The van der Waals surface area contributed by atoms with E-state index in [0.29, 0.717) is 34.2 Å². The maximum absolute atomic E-state index is 14.1. The van der Waals surface area contributed by atoms with Crippen molar-refractivity contribution in [3.05, 3.63) is 176 Å². The second kappa shape index (κ2) is 13.6. The van der Waals surface area contributed by atoms with Crippen LogP contribution in [0.25, 0.3) is 90.4 Å². The number of aromatic nitrogens is 9. The molecule has 0 saturated heterocycles.